The van der Waals surface area contributed by atoms with Crippen molar-refractivity contribution in [3.63, 3.8) is 0 Å². The largest absolute Gasteiger partial charge is 0.312 e. The van der Waals surface area contributed by atoms with E-state index in [1.165, 1.54) is 16.7 Å². The molecule has 1 saturated heterocycles. The number of imide groups is 2. The summed E-state index contributed by atoms with van der Waals surface area (Å²) in [5.74, 6) is -1.93. The van der Waals surface area contributed by atoms with Crippen molar-refractivity contribution in [2.45, 2.75) is 44.9 Å². The van der Waals surface area contributed by atoms with Gasteiger partial charge in [0.2, 0.25) is 11.8 Å². The molecule has 32 heavy (non-hydrogen) atoms. The van der Waals surface area contributed by atoms with Gasteiger partial charge in [0.25, 0.3) is 11.8 Å². The lowest BCUT2D eigenvalue weighted by atomic mass is 9.95. The van der Waals surface area contributed by atoms with E-state index >= 15 is 0 Å². The minimum atomic E-state index is -0.953. The number of piperidine rings is 1. The Morgan fingerprint density at radius 1 is 0.938 bits per heavy atom. The summed E-state index contributed by atoms with van der Waals surface area (Å²) in [7, 11) is 0. The lowest BCUT2D eigenvalue weighted by Crippen LogP contribution is -2.54. The predicted molar refractivity (Wildman–Crippen MR) is 116 cm³/mol. The fraction of sp³-hybridized carbons (Fsp3) is 0.333. The smallest absolute Gasteiger partial charge is 0.262 e. The van der Waals surface area contributed by atoms with E-state index in [4.69, 9.17) is 0 Å². The second-order valence-corrected chi connectivity index (χ2v) is 8.37. The van der Waals surface area contributed by atoms with E-state index in [2.05, 4.69) is 34.1 Å². The summed E-state index contributed by atoms with van der Waals surface area (Å²) < 4.78 is 0. The van der Waals surface area contributed by atoms with Crippen LogP contribution in [0.2, 0.25) is 0 Å². The van der Waals surface area contributed by atoms with Gasteiger partial charge in [-0.2, -0.15) is 0 Å². The molecule has 1 unspecified atom stereocenters. The maximum atomic E-state index is 13.2. The van der Waals surface area contributed by atoms with Gasteiger partial charge in [0.15, 0.2) is 0 Å². The van der Waals surface area contributed by atoms with E-state index in [9.17, 15) is 19.2 Å². The molecule has 164 valence electrons. The molecule has 1 fully saturated rings. The van der Waals surface area contributed by atoms with E-state index in [0.717, 1.165) is 30.0 Å². The molecule has 4 amide bonds. The Kier molecular flexibility index (Phi) is 5.32. The van der Waals surface area contributed by atoms with Crippen LogP contribution in [-0.4, -0.2) is 41.1 Å². The summed E-state index contributed by atoms with van der Waals surface area (Å²) in [5, 5.41) is 9.02. The second-order valence-electron chi connectivity index (χ2n) is 8.37. The molecule has 3 aliphatic heterocycles. The van der Waals surface area contributed by atoms with Gasteiger partial charge >= 0.3 is 0 Å². The lowest BCUT2D eigenvalue weighted by molar-refractivity contribution is -0.136. The molecule has 5 rings (SSSR count). The molecule has 0 bridgehead atoms. The van der Waals surface area contributed by atoms with Crippen LogP contribution in [0.15, 0.2) is 36.4 Å². The lowest BCUT2D eigenvalue weighted by Gasteiger charge is -2.27. The normalized spacial score (nSPS) is 20.2. The molecule has 8 heteroatoms. The SMILES string of the molecule is O=C1CCC(N2C(=O)c3cccc(CNCc4cccc5c4CCNC5)c3C2=O)C(=O)N1. The number of rotatable bonds is 5. The van der Waals surface area contributed by atoms with E-state index in [1.807, 2.05) is 6.07 Å². The molecule has 8 nitrogen and oxygen atoms in total. The summed E-state index contributed by atoms with van der Waals surface area (Å²) in [5.41, 5.74) is 5.30. The molecule has 0 spiro atoms. The van der Waals surface area contributed by atoms with Crippen LogP contribution in [0.3, 0.4) is 0 Å². The van der Waals surface area contributed by atoms with E-state index in [0.29, 0.717) is 24.2 Å². The van der Waals surface area contributed by atoms with Crippen molar-refractivity contribution in [1.82, 2.24) is 20.9 Å². The number of benzene rings is 2. The second kappa shape index (κ2) is 8.29. The van der Waals surface area contributed by atoms with Crippen LogP contribution in [0.25, 0.3) is 0 Å². The van der Waals surface area contributed by atoms with E-state index in [-0.39, 0.29) is 18.7 Å². The van der Waals surface area contributed by atoms with Crippen LogP contribution in [-0.2, 0) is 35.6 Å². The molecule has 3 heterocycles. The molecule has 1 atom stereocenters. The number of carbonyl (C=O) groups is 4. The first kappa shape index (κ1) is 20.5. The molecule has 0 saturated carbocycles. The average molecular weight is 432 g/mol. The minimum absolute atomic E-state index is 0.106. The Labute approximate surface area is 185 Å². The fourth-order valence-corrected chi connectivity index (χ4v) is 4.84. The highest BCUT2D eigenvalue weighted by atomic mass is 16.2. The molecule has 0 aromatic heterocycles. The average Bonchev–Trinajstić information content (AvgIpc) is 3.05. The first-order chi connectivity index (χ1) is 15.5. The Morgan fingerprint density at radius 2 is 1.72 bits per heavy atom. The number of nitrogens with zero attached hydrogens (tertiary/aromatic N) is 1. The van der Waals surface area contributed by atoms with Gasteiger partial charge in [-0.3, -0.25) is 29.4 Å². The summed E-state index contributed by atoms with van der Waals surface area (Å²) >= 11 is 0. The monoisotopic (exact) mass is 432 g/mol. The molecule has 0 aliphatic carbocycles. The zero-order chi connectivity index (χ0) is 22.2. The number of amides is 4. The molecule has 2 aromatic carbocycles. The Morgan fingerprint density at radius 3 is 2.56 bits per heavy atom. The third-order valence-corrected chi connectivity index (χ3v) is 6.42. The van der Waals surface area contributed by atoms with Gasteiger partial charge in [-0.25, -0.2) is 0 Å². The van der Waals surface area contributed by atoms with Crippen LogP contribution in [0.4, 0.5) is 0 Å². The highest BCUT2D eigenvalue weighted by molar-refractivity contribution is 6.24. The van der Waals surface area contributed by atoms with Crippen molar-refractivity contribution in [3.8, 4) is 0 Å². The highest BCUT2D eigenvalue weighted by Gasteiger charge is 2.45. The summed E-state index contributed by atoms with van der Waals surface area (Å²) in [6.45, 7) is 2.92. The third-order valence-electron chi connectivity index (χ3n) is 6.42. The van der Waals surface area contributed by atoms with Crippen molar-refractivity contribution in [1.29, 1.82) is 0 Å². The van der Waals surface area contributed by atoms with Gasteiger partial charge in [-0.15, -0.1) is 0 Å². The van der Waals surface area contributed by atoms with Crippen LogP contribution >= 0.6 is 0 Å². The van der Waals surface area contributed by atoms with Gasteiger partial charge in [0, 0.05) is 26.1 Å². The maximum absolute atomic E-state index is 13.2. The Hall–Kier alpha value is -3.36. The van der Waals surface area contributed by atoms with Gasteiger partial charge in [0.1, 0.15) is 6.04 Å². The predicted octanol–water partition coefficient (Wildman–Crippen LogP) is 1.02. The minimum Gasteiger partial charge on any atom is -0.312 e. The van der Waals surface area contributed by atoms with Gasteiger partial charge in [0.05, 0.1) is 11.1 Å². The highest BCUT2D eigenvalue weighted by Crippen LogP contribution is 2.30. The number of carbonyl (C=O) groups excluding carboxylic acids is 4. The standard InChI is InChI=1S/C24H24N4O4/c29-20-8-7-19(22(30)27-20)28-23(31)18-6-2-5-16(21(18)24(28)32)13-26-12-15-4-1-3-14-11-25-10-9-17(14)15/h1-6,19,25-26H,7-13H2,(H,27,29,30). The number of fused-ring (bicyclic) bond motifs is 2. The van der Waals surface area contributed by atoms with Crippen molar-refractivity contribution in [3.05, 3.63) is 69.8 Å². The van der Waals surface area contributed by atoms with Gasteiger partial charge in [-0.1, -0.05) is 30.3 Å². The zero-order valence-electron chi connectivity index (χ0n) is 17.6. The number of hydrogen-bond donors (Lipinski definition) is 3. The first-order valence-electron chi connectivity index (χ1n) is 10.9. The molecule has 2 aromatic rings. The number of hydrogen-bond acceptors (Lipinski definition) is 6. The van der Waals surface area contributed by atoms with Gasteiger partial charge < -0.3 is 10.6 Å². The first-order valence-corrected chi connectivity index (χ1v) is 10.9. The summed E-state index contributed by atoms with van der Waals surface area (Å²) in [6, 6.07) is 10.6. The van der Waals surface area contributed by atoms with Crippen molar-refractivity contribution >= 4 is 23.6 Å². The molecular weight excluding hydrogens is 408 g/mol. The summed E-state index contributed by atoms with van der Waals surface area (Å²) in [6.07, 6.45) is 1.24. The quantitative estimate of drug-likeness (QED) is 0.609. The topological polar surface area (TPSA) is 108 Å². The molecular formula is C24H24N4O4. The number of nitrogens with one attached hydrogen (secondary N) is 3. The van der Waals surface area contributed by atoms with Crippen LogP contribution in [0.5, 0.6) is 0 Å². The molecule has 3 N–H and O–H groups in total. The zero-order valence-corrected chi connectivity index (χ0v) is 17.6. The van der Waals surface area contributed by atoms with Crippen LogP contribution in [0.1, 0.15) is 55.8 Å². The van der Waals surface area contributed by atoms with E-state index < -0.39 is 23.8 Å². The van der Waals surface area contributed by atoms with Crippen LogP contribution in [0, 0.1) is 0 Å². The fourth-order valence-electron chi connectivity index (χ4n) is 4.84. The molecule has 0 radical (unpaired) electrons. The third kappa shape index (κ3) is 3.51. The van der Waals surface area contributed by atoms with E-state index in [1.54, 1.807) is 12.1 Å². The molecule has 3 aliphatic rings. The maximum Gasteiger partial charge on any atom is 0.262 e. The Balaban J connectivity index is 1.34. The van der Waals surface area contributed by atoms with Crippen molar-refractivity contribution in [2.24, 2.45) is 0 Å². The summed E-state index contributed by atoms with van der Waals surface area (Å²) in [4.78, 5) is 50.9. The Bertz CT molecular complexity index is 1140. The van der Waals surface area contributed by atoms with Crippen LogP contribution < -0.4 is 16.0 Å². The van der Waals surface area contributed by atoms with Crippen molar-refractivity contribution < 1.29 is 19.2 Å². The van der Waals surface area contributed by atoms with Gasteiger partial charge in [-0.05, 0) is 47.7 Å². The van der Waals surface area contributed by atoms with Crippen molar-refractivity contribution in [2.75, 3.05) is 6.54 Å².